The van der Waals surface area contributed by atoms with Crippen LogP contribution in [-0.2, 0) is 0 Å². The molecule has 1 heterocycles. The van der Waals surface area contributed by atoms with E-state index >= 15 is 0 Å². The van der Waals surface area contributed by atoms with Crippen LogP contribution in [0.2, 0.25) is 0 Å². The number of anilines is 1. The maximum absolute atomic E-state index is 9.60. The van der Waals surface area contributed by atoms with E-state index in [2.05, 4.69) is 29.1 Å². The molecule has 4 heteroatoms. The number of hydrogen-bond donors (Lipinski definition) is 2. The first-order chi connectivity index (χ1) is 7.00. The molecule has 2 unspecified atom stereocenters. The second-order valence-electron chi connectivity index (χ2n) is 4.79. The van der Waals surface area contributed by atoms with E-state index in [0.29, 0.717) is 5.95 Å². The molecular weight excluding hydrogens is 190 g/mol. The molecule has 0 aromatic carbocycles. The van der Waals surface area contributed by atoms with E-state index < -0.39 is 0 Å². The molecule has 0 amide bonds. The minimum atomic E-state index is -0.222. The quantitative estimate of drug-likeness (QED) is 0.768. The maximum atomic E-state index is 9.60. The molecule has 1 aliphatic rings. The summed E-state index contributed by atoms with van der Waals surface area (Å²) in [6.45, 7) is 6.04. The van der Waals surface area contributed by atoms with Gasteiger partial charge in [-0.15, -0.1) is 0 Å². The summed E-state index contributed by atoms with van der Waals surface area (Å²) in [6, 6.07) is 2.13. The van der Waals surface area contributed by atoms with Gasteiger partial charge < -0.3 is 10.4 Å². The van der Waals surface area contributed by atoms with Crippen molar-refractivity contribution in [3.8, 4) is 0 Å². The molecule has 1 fully saturated rings. The standard InChI is InChI=1S/C11H17N3O/c1-7-4-5-12-10(13-7)14-8-6-9(15)11(8,2)3/h4-5,8-9,15H,6H2,1-3H3,(H,12,13,14). The SMILES string of the molecule is Cc1ccnc(NC2CC(O)C2(C)C)n1. The third-order valence-electron chi connectivity index (χ3n) is 3.31. The summed E-state index contributed by atoms with van der Waals surface area (Å²) >= 11 is 0. The second-order valence-corrected chi connectivity index (χ2v) is 4.79. The van der Waals surface area contributed by atoms with Gasteiger partial charge in [0.15, 0.2) is 0 Å². The fourth-order valence-electron chi connectivity index (χ4n) is 1.82. The summed E-state index contributed by atoms with van der Waals surface area (Å²) in [4.78, 5) is 8.43. The molecule has 2 rings (SSSR count). The molecule has 0 saturated heterocycles. The first-order valence-electron chi connectivity index (χ1n) is 5.24. The highest BCUT2D eigenvalue weighted by molar-refractivity contribution is 5.30. The number of nitrogens with zero attached hydrogens (tertiary/aromatic N) is 2. The van der Waals surface area contributed by atoms with Gasteiger partial charge in [-0.05, 0) is 19.4 Å². The minimum Gasteiger partial charge on any atom is -0.392 e. The summed E-state index contributed by atoms with van der Waals surface area (Å²) in [5.41, 5.74) is 0.859. The molecule has 2 N–H and O–H groups in total. The smallest absolute Gasteiger partial charge is 0.223 e. The normalized spacial score (nSPS) is 28.3. The molecule has 1 aromatic rings. The highest BCUT2D eigenvalue weighted by Gasteiger charge is 2.47. The molecule has 4 nitrogen and oxygen atoms in total. The Kier molecular flexibility index (Phi) is 2.38. The van der Waals surface area contributed by atoms with Gasteiger partial charge in [-0.2, -0.15) is 0 Å². The molecule has 82 valence electrons. The fourth-order valence-corrected chi connectivity index (χ4v) is 1.82. The van der Waals surface area contributed by atoms with Gasteiger partial charge >= 0.3 is 0 Å². The van der Waals surface area contributed by atoms with Crippen LogP contribution >= 0.6 is 0 Å². The van der Waals surface area contributed by atoms with E-state index in [4.69, 9.17) is 0 Å². The number of hydrogen-bond acceptors (Lipinski definition) is 4. The molecule has 1 aliphatic carbocycles. The van der Waals surface area contributed by atoms with Crippen LogP contribution in [0, 0.1) is 12.3 Å². The van der Waals surface area contributed by atoms with Crippen molar-refractivity contribution in [2.24, 2.45) is 5.41 Å². The number of rotatable bonds is 2. The lowest BCUT2D eigenvalue weighted by Gasteiger charge is -2.49. The van der Waals surface area contributed by atoms with Crippen molar-refractivity contribution in [2.45, 2.75) is 39.3 Å². The third kappa shape index (κ3) is 1.81. The van der Waals surface area contributed by atoms with Gasteiger partial charge in [0.2, 0.25) is 5.95 Å². The van der Waals surface area contributed by atoms with Crippen molar-refractivity contribution in [1.29, 1.82) is 0 Å². The molecule has 0 bridgehead atoms. The summed E-state index contributed by atoms with van der Waals surface area (Å²) in [5, 5.41) is 12.9. The Morgan fingerprint density at radius 3 is 2.80 bits per heavy atom. The van der Waals surface area contributed by atoms with E-state index in [9.17, 15) is 5.11 Å². The average molecular weight is 207 g/mol. The van der Waals surface area contributed by atoms with Crippen molar-refractivity contribution in [2.75, 3.05) is 5.32 Å². The van der Waals surface area contributed by atoms with Crippen molar-refractivity contribution in [3.05, 3.63) is 18.0 Å². The van der Waals surface area contributed by atoms with E-state index in [1.54, 1.807) is 6.20 Å². The topological polar surface area (TPSA) is 58.0 Å². The van der Waals surface area contributed by atoms with Crippen molar-refractivity contribution >= 4 is 5.95 Å². The van der Waals surface area contributed by atoms with Crippen LogP contribution in [0.3, 0.4) is 0 Å². The lowest BCUT2D eigenvalue weighted by molar-refractivity contribution is -0.0512. The molecule has 1 aromatic heterocycles. The molecule has 0 spiro atoms. The van der Waals surface area contributed by atoms with Gasteiger partial charge in [0.05, 0.1) is 6.10 Å². The van der Waals surface area contributed by atoms with Gasteiger partial charge in [0.1, 0.15) is 0 Å². The van der Waals surface area contributed by atoms with E-state index in [1.807, 2.05) is 13.0 Å². The molecular formula is C11H17N3O. The molecule has 15 heavy (non-hydrogen) atoms. The third-order valence-corrected chi connectivity index (χ3v) is 3.31. The number of aryl methyl sites for hydroxylation is 1. The Morgan fingerprint density at radius 2 is 2.27 bits per heavy atom. The van der Waals surface area contributed by atoms with Crippen LogP contribution in [0.1, 0.15) is 26.0 Å². The zero-order valence-electron chi connectivity index (χ0n) is 9.36. The van der Waals surface area contributed by atoms with Crippen molar-refractivity contribution in [3.63, 3.8) is 0 Å². The van der Waals surface area contributed by atoms with Gasteiger partial charge in [0.25, 0.3) is 0 Å². The van der Waals surface area contributed by atoms with E-state index in [1.165, 1.54) is 0 Å². The zero-order valence-corrected chi connectivity index (χ0v) is 9.36. The van der Waals surface area contributed by atoms with Crippen LogP contribution in [0.25, 0.3) is 0 Å². The van der Waals surface area contributed by atoms with Crippen LogP contribution in [0.5, 0.6) is 0 Å². The minimum absolute atomic E-state index is 0.0902. The molecule has 1 saturated carbocycles. The summed E-state index contributed by atoms with van der Waals surface area (Å²) in [6.07, 6.45) is 2.29. The maximum Gasteiger partial charge on any atom is 0.223 e. The summed E-state index contributed by atoms with van der Waals surface area (Å²) in [7, 11) is 0. The highest BCUT2D eigenvalue weighted by Crippen LogP contribution is 2.41. The van der Waals surface area contributed by atoms with Gasteiger partial charge in [-0.1, -0.05) is 13.8 Å². The molecule has 0 aliphatic heterocycles. The molecule has 2 atom stereocenters. The van der Waals surface area contributed by atoms with Gasteiger partial charge in [0, 0.05) is 23.3 Å². The van der Waals surface area contributed by atoms with Crippen molar-refractivity contribution < 1.29 is 5.11 Å². The lowest BCUT2D eigenvalue weighted by Crippen LogP contribution is -2.57. The number of aliphatic hydroxyl groups excluding tert-OH is 1. The monoisotopic (exact) mass is 207 g/mol. The Morgan fingerprint density at radius 1 is 1.53 bits per heavy atom. The predicted molar refractivity (Wildman–Crippen MR) is 58.6 cm³/mol. The predicted octanol–water partition coefficient (Wildman–Crippen LogP) is 1.36. The average Bonchev–Trinajstić information content (AvgIpc) is 2.17. The Balaban J connectivity index is 2.05. The fraction of sp³-hybridized carbons (Fsp3) is 0.636. The largest absolute Gasteiger partial charge is 0.392 e. The first-order valence-corrected chi connectivity index (χ1v) is 5.24. The van der Waals surface area contributed by atoms with E-state index in [-0.39, 0.29) is 17.6 Å². The second kappa shape index (κ2) is 3.45. The van der Waals surface area contributed by atoms with Crippen LogP contribution in [0.4, 0.5) is 5.95 Å². The summed E-state index contributed by atoms with van der Waals surface area (Å²) < 4.78 is 0. The van der Waals surface area contributed by atoms with Crippen LogP contribution in [0.15, 0.2) is 12.3 Å². The van der Waals surface area contributed by atoms with Gasteiger partial charge in [-0.25, -0.2) is 9.97 Å². The van der Waals surface area contributed by atoms with Gasteiger partial charge in [-0.3, -0.25) is 0 Å². The Labute approximate surface area is 89.8 Å². The van der Waals surface area contributed by atoms with Crippen LogP contribution in [-0.4, -0.2) is 27.2 Å². The van der Waals surface area contributed by atoms with Crippen LogP contribution < -0.4 is 5.32 Å². The first kappa shape index (κ1) is 10.4. The Bertz CT molecular complexity index is 365. The Hall–Kier alpha value is -1.16. The zero-order chi connectivity index (χ0) is 11.1. The number of nitrogens with one attached hydrogen (secondary N) is 1. The van der Waals surface area contributed by atoms with Crippen molar-refractivity contribution in [1.82, 2.24) is 9.97 Å². The molecule has 0 radical (unpaired) electrons. The number of aliphatic hydroxyl groups is 1. The lowest BCUT2D eigenvalue weighted by atomic mass is 9.65. The van der Waals surface area contributed by atoms with E-state index in [0.717, 1.165) is 12.1 Å². The number of aromatic nitrogens is 2. The summed E-state index contributed by atoms with van der Waals surface area (Å²) in [5.74, 6) is 0.653. The highest BCUT2D eigenvalue weighted by atomic mass is 16.3.